The molecule has 2 aromatic carbocycles. The molecule has 138 valence electrons. The fourth-order valence-electron chi connectivity index (χ4n) is 2.58. The number of benzene rings is 2. The number of thiazole rings is 1. The van der Waals surface area contributed by atoms with Gasteiger partial charge in [-0.3, -0.25) is 9.59 Å². The van der Waals surface area contributed by atoms with Gasteiger partial charge in [-0.05, 0) is 11.1 Å². The molecular formula is C20H19N3O2S2. The lowest BCUT2D eigenvalue weighted by atomic mass is 10.0. The first-order valence-electron chi connectivity index (χ1n) is 8.36. The van der Waals surface area contributed by atoms with Crippen molar-refractivity contribution in [2.45, 2.75) is 11.7 Å². The number of carbonyl (C=O) groups excluding carboxylic acids is 2. The molecule has 5 nitrogen and oxygen atoms in total. The quantitative estimate of drug-likeness (QED) is 0.608. The second-order valence-corrected chi connectivity index (χ2v) is 7.80. The number of amides is 2. The minimum Gasteiger partial charge on any atom is -0.369 e. The maximum atomic E-state index is 12.4. The molecule has 3 N–H and O–H groups in total. The number of nitrogens with two attached hydrogens (primary N) is 1. The molecule has 0 saturated heterocycles. The third kappa shape index (κ3) is 5.67. The van der Waals surface area contributed by atoms with Gasteiger partial charge in [0.25, 0.3) is 0 Å². The molecule has 1 heterocycles. The number of nitrogens with zero attached hydrogens (tertiary/aromatic N) is 1. The van der Waals surface area contributed by atoms with Gasteiger partial charge in [0, 0.05) is 5.38 Å². The molecule has 0 spiro atoms. The van der Waals surface area contributed by atoms with E-state index in [-0.39, 0.29) is 17.6 Å². The minimum atomic E-state index is -0.442. The number of hydrogen-bond acceptors (Lipinski definition) is 5. The Morgan fingerprint density at radius 1 is 1.04 bits per heavy atom. The van der Waals surface area contributed by atoms with E-state index >= 15 is 0 Å². The summed E-state index contributed by atoms with van der Waals surface area (Å²) in [6, 6.07) is 20.2. The van der Waals surface area contributed by atoms with Gasteiger partial charge in [-0.2, -0.15) is 0 Å². The smallest absolute Gasteiger partial charge is 0.236 e. The zero-order chi connectivity index (χ0) is 19.1. The van der Waals surface area contributed by atoms with Gasteiger partial charge in [0.1, 0.15) is 0 Å². The van der Waals surface area contributed by atoms with Crippen LogP contribution in [-0.2, 0) is 16.0 Å². The van der Waals surface area contributed by atoms with Gasteiger partial charge in [0.2, 0.25) is 11.8 Å². The highest BCUT2D eigenvalue weighted by Gasteiger charge is 2.17. The standard InChI is InChI=1S/C20H19N3O2S2/c21-17(24)11-16-12-27-20(22-16)23-18(25)13-26-19(14-7-3-1-4-8-14)15-9-5-2-6-10-15/h1-10,12,19H,11,13H2,(H2,21,24)(H,22,23,25). The highest BCUT2D eigenvalue weighted by atomic mass is 32.2. The van der Waals surface area contributed by atoms with Crippen LogP contribution in [0.2, 0.25) is 0 Å². The zero-order valence-corrected chi connectivity index (χ0v) is 16.1. The van der Waals surface area contributed by atoms with Crippen LogP contribution < -0.4 is 11.1 Å². The van der Waals surface area contributed by atoms with E-state index in [1.807, 2.05) is 36.4 Å². The Labute approximate surface area is 166 Å². The van der Waals surface area contributed by atoms with Crippen molar-refractivity contribution >= 4 is 40.0 Å². The minimum absolute atomic E-state index is 0.0693. The van der Waals surface area contributed by atoms with Crippen LogP contribution >= 0.6 is 23.1 Å². The van der Waals surface area contributed by atoms with Crippen LogP contribution in [0.15, 0.2) is 66.0 Å². The van der Waals surface area contributed by atoms with Gasteiger partial charge < -0.3 is 11.1 Å². The number of nitrogens with one attached hydrogen (secondary N) is 1. The topological polar surface area (TPSA) is 85.1 Å². The first-order valence-corrected chi connectivity index (χ1v) is 10.3. The summed E-state index contributed by atoms with van der Waals surface area (Å²) in [6.07, 6.45) is 0.0746. The fourth-order valence-corrected chi connectivity index (χ4v) is 4.39. The number of hydrogen-bond donors (Lipinski definition) is 2. The molecule has 0 saturated carbocycles. The van der Waals surface area contributed by atoms with Crippen LogP contribution in [0.1, 0.15) is 22.1 Å². The molecule has 0 bridgehead atoms. The average molecular weight is 398 g/mol. The Kier molecular flexibility index (Phi) is 6.62. The molecule has 3 aromatic rings. The van der Waals surface area contributed by atoms with Crippen molar-refractivity contribution in [3.63, 3.8) is 0 Å². The van der Waals surface area contributed by atoms with Gasteiger partial charge in [0.05, 0.1) is 23.1 Å². The maximum Gasteiger partial charge on any atom is 0.236 e. The molecule has 2 amide bonds. The number of primary amides is 1. The zero-order valence-electron chi connectivity index (χ0n) is 14.5. The number of aromatic nitrogens is 1. The molecule has 1 aromatic heterocycles. The Morgan fingerprint density at radius 2 is 1.63 bits per heavy atom. The molecule has 27 heavy (non-hydrogen) atoms. The van der Waals surface area contributed by atoms with Crippen molar-refractivity contribution in [1.29, 1.82) is 0 Å². The predicted molar refractivity (Wildman–Crippen MR) is 111 cm³/mol. The second kappa shape index (κ2) is 9.34. The number of rotatable bonds is 8. The highest BCUT2D eigenvalue weighted by Crippen LogP contribution is 2.35. The Hall–Kier alpha value is -2.64. The summed E-state index contributed by atoms with van der Waals surface area (Å²) in [5.41, 5.74) is 8.04. The molecule has 0 aliphatic carbocycles. The number of thioether (sulfide) groups is 1. The van der Waals surface area contributed by atoms with Crippen LogP contribution in [0.3, 0.4) is 0 Å². The molecule has 0 unspecified atom stereocenters. The van der Waals surface area contributed by atoms with Gasteiger partial charge in [-0.1, -0.05) is 60.7 Å². The maximum absolute atomic E-state index is 12.4. The van der Waals surface area contributed by atoms with Crippen molar-refractivity contribution in [2.75, 3.05) is 11.1 Å². The van der Waals surface area contributed by atoms with E-state index in [0.29, 0.717) is 16.6 Å². The van der Waals surface area contributed by atoms with E-state index in [1.54, 1.807) is 17.1 Å². The predicted octanol–water partition coefficient (Wildman–Crippen LogP) is 3.63. The summed E-state index contributed by atoms with van der Waals surface area (Å²) in [5, 5.41) is 5.06. The molecular weight excluding hydrogens is 378 g/mol. The Balaban J connectivity index is 1.64. The molecule has 0 aliphatic rings. The van der Waals surface area contributed by atoms with Crippen molar-refractivity contribution in [3.05, 3.63) is 82.9 Å². The SMILES string of the molecule is NC(=O)Cc1csc(NC(=O)CSC(c2ccccc2)c2ccccc2)n1. The second-order valence-electron chi connectivity index (χ2n) is 5.85. The van der Waals surface area contributed by atoms with E-state index in [2.05, 4.69) is 34.6 Å². The van der Waals surface area contributed by atoms with Crippen LogP contribution in [0.5, 0.6) is 0 Å². The number of carbonyl (C=O) groups is 2. The summed E-state index contributed by atoms with van der Waals surface area (Å²) in [7, 11) is 0. The van der Waals surface area contributed by atoms with Gasteiger partial charge in [0.15, 0.2) is 5.13 Å². The molecule has 3 rings (SSSR count). The van der Waals surface area contributed by atoms with Crippen LogP contribution in [0.4, 0.5) is 5.13 Å². The first-order chi connectivity index (χ1) is 13.1. The Morgan fingerprint density at radius 3 is 2.19 bits per heavy atom. The normalized spacial score (nSPS) is 10.7. The van der Waals surface area contributed by atoms with Crippen molar-refractivity contribution < 1.29 is 9.59 Å². The molecule has 0 radical (unpaired) electrons. The monoisotopic (exact) mass is 397 g/mol. The van der Waals surface area contributed by atoms with Crippen LogP contribution in [0, 0.1) is 0 Å². The van der Waals surface area contributed by atoms with E-state index < -0.39 is 5.91 Å². The van der Waals surface area contributed by atoms with Crippen LogP contribution in [0.25, 0.3) is 0 Å². The molecule has 0 fully saturated rings. The number of anilines is 1. The van der Waals surface area contributed by atoms with E-state index in [9.17, 15) is 9.59 Å². The molecule has 0 atom stereocenters. The lowest BCUT2D eigenvalue weighted by Crippen LogP contribution is -2.16. The van der Waals surface area contributed by atoms with Crippen LogP contribution in [-0.4, -0.2) is 22.6 Å². The Bertz CT molecular complexity index is 858. The lowest BCUT2D eigenvalue weighted by molar-refractivity contribution is -0.117. The van der Waals surface area contributed by atoms with Crippen molar-refractivity contribution in [3.8, 4) is 0 Å². The summed E-state index contributed by atoms with van der Waals surface area (Å²) in [5.74, 6) is -0.279. The van der Waals surface area contributed by atoms with Gasteiger partial charge in [-0.15, -0.1) is 23.1 Å². The first kappa shape index (κ1) is 19.1. The highest BCUT2D eigenvalue weighted by molar-refractivity contribution is 8.00. The third-order valence-electron chi connectivity index (χ3n) is 3.74. The summed E-state index contributed by atoms with van der Waals surface area (Å²) < 4.78 is 0. The summed E-state index contributed by atoms with van der Waals surface area (Å²) in [6.45, 7) is 0. The van der Waals surface area contributed by atoms with Gasteiger partial charge >= 0.3 is 0 Å². The average Bonchev–Trinajstić information content (AvgIpc) is 3.09. The summed E-state index contributed by atoms with van der Waals surface area (Å²) in [4.78, 5) is 27.5. The largest absolute Gasteiger partial charge is 0.369 e. The van der Waals surface area contributed by atoms with Gasteiger partial charge in [-0.25, -0.2) is 4.98 Å². The van der Waals surface area contributed by atoms with Crippen molar-refractivity contribution in [1.82, 2.24) is 4.98 Å². The fraction of sp³-hybridized carbons (Fsp3) is 0.150. The van der Waals surface area contributed by atoms with E-state index in [4.69, 9.17) is 5.73 Å². The third-order valence-corrected chi connectivity index (χ3v) is 5.85. The molecule has 0 aliphatic heterocycles. The van der Waals surface area contributed by atoms with E-state index in [0.717, 1.165) is 11.1 Å². The van der Waals surface area contributed by atoms with Crippen molar-refractivity contribution in [2.24, 2.45) is 5.73 Å². The van der Waals surface area contributed by atoms with E-state index in [1.165, 1.54) is 11.3 Å². The molecule has 7 heteroatoms. The summed E-state index contributed by atoms with van der Waals surface area (Å²) >= 11 is 2.85. The lowest BCUT2D eigenvalue weighted by Gasteiger charge is -2.17.